The number of rotatable bonds is 13. The molecule has 0 aromatic rings. The first-order valence-electron chi connectivity index (χ1n) is 9.48. The number of hydrogen-bond acceptors (Lipinski definition) is 3. The Balaban J connectivity index is 2.47. The Morgan fingerprint density at radius 3 is 2.44 bits per heavy atom. The van der Waals surface area contributed by atoms with E-state index in [0.717, 1.165) is 32.1 Å². The number of Topliss-reactive ketones (excluding diaryl/α,β-unsaturated/α-hetero) is 1. The summed E-state index contributed by atoms with van der Waals surface area (Å²) < 4.78 is 0. The van der Waals surface area contributed by atoms with Crippen LogP contribution in [0, 0.1) is 0 Å². The fourth-order valence-electron chi connectivity index (χ4n) is 3.17. The van der Waals surface area contributed by atoms with Crippen molar-refractivity contribution in [2.45, 2.75) is 89.6 Å². The first kappa shape index (κ1) is 21.9. The molecule has 142 valence electrons. The molecule has 0 saturated heterocycles. The molecule has 0 radical (unpaired) electrons. The lowest BCUT2D eigenvalue weighted by atomic mass is 9.89. The maximum atomic E-state index is 12.2. The summed E-state index contributed by atoms with van der Waals surface area (Å²) in [4.78, 5) is 22.7. The van der Waals surface area contributed by atoms with Crippen molar-refractivity contribution in [2.75, 3.05) is 0 Å². The highest BCUT2D eigenvalue weighted by molar-refractivity contribution is 6.46. The summed E-state index contributed by atoms with van der Waals surface area (Å²) in [7, 11) is 0. The van der Waals surface area contributed by atoms with Gasteiger partial charge in [-0.3, -0.25) is 9.59 Å². The number of allylic oxidation sites excluding steroid dienone is 2. The monoisotopic (exact) mass is 370 g/mol. The van der Waals surface area contributed by atoms with Crippen LogP contribution in [0.4, 0.5) is 0 Å². The standard InChI is InChI=1S/C20H31ClO4/c1-2-3-4-5-8-11-14-20(25)15-17(21)19(24)16(20)12-9-6-7-10-13-18(22)23/h12,15,25H,2-11,13-14H2,1H3,(H,22,23)/b16-12+. The predicted molar refractivity (Wildman–Crippen MR) is 101 cm³/mol. The number of aliphatic carboxylic acids is 1. The number of carbonyl (C=O) groups excluding carboxylic acids is 1. The second-order valence-corrected chi connectivity index (χ2v) is 7.28. The zero-order chi connectivity index (χ0) is 18.7. The molecule has 5 heteroatoms. The Morgan fingerprint density at radius 1 is 1.12 bits per heavy atom. The van der Waals surface area contributed by atoms with Crippen molar-refractivity contribution in [3.8, 4) is 0 Å². The van der Waals surface area contributed by atoms with Crippen molar-refractivity contribution in [3.05, 3.63) is 22.8 Å². The molecule has 4 nitrogen and oxygen atoms in total. The van der Waals surface area contributed by atoms with Gasteiger partial charge in [-0.05, 0) is 38.2 Å². The van der Waals surface area contributed by atoms with Gasteiger partial charge >= 0.3 is 5.97 Å². The molecule has 1 rings (SSSR count). The summed E-state index contributed by atoms with van der Waals surface area (Å²) in [6.45, 7) is 2.18. The van der Waals surface area contributed by atoms with Gasteiger partial charge in [-0.1, -0.05) is 63.1 Å². The zero-order valence-electron chi connectivity index (χ0n) is 15.2. The van der Waals surface area contributed by atoms with E-state index in [1.807, 2.05) is 0 Å². The van der Waals surface area contributed by atoms with Crippen molar-refractivity contribution >= 4 is 23.4 Å². The number of halogens is 1. The lowest BCUT2D eigenvalue weighted by Crippen LogP contribution is -2.27. The van der Waals surface area contributed by atoms with Gasteiger partial charge in [0, 0.05) is 12.0 Å². The molecule has 1 unspecified atom stereocenters. The molecular weight excluding hydrogens is 340 g/mol. The molecule has 25 heavy (non-hydrogen) atoms. The van der Waals surface area contributed by atoms with Crippen molar-refractivity contribution in [3.63, 3.8) is 0 Å². The van der Waals surface area contributed by atoms with Gasteiger partial charge in [-0.2, -0.15) is 0 Å². The molecule has 0 aliphatic heterocycles. The van der Waals surface area contributed by atoms with Gasteiger partial charge in [-0.15, -0.1) is 0 Å². The Hall–Kier alpha value is -1.13. The van der Waals surface area contributed by atoms with Crippen molar-refractivity contribution in [1.82, 2.24) is 0 Å². The highest BCUT2D eigenvalue weighted by atomic mass is 35.5. The van der Waals surface area contributed by atoms with E-state index in [4.69, 9.17) is 16.7 Å². The zero-order valence-corrected chi connectivity index (χ0v) is 16.0. The van der Waals surface area contributed by atoms with E-state index < -0.39 is 11.6 Å². The summed E-state index contributed by atoms with van der Waals surface area (Å²) in [5.41, 5.74) is -0.843. The second kappa shape index (κ2) is 11.5. The molecule has 2 N–H and O–H groups in total. The molecule has 0 bridgehead atoms. The summed E-state index contributed by atoms with van der Waals surface area (Å²) in [5, 5.41) is 19.6. The number of hydrogen-bond donors (Lipinski definition) is 2. The molecular formula is C20H31ClO4. The fourth-order valence-corrected chi connectivity index (χ4v) is 3.46. The van der Waals surface area contributed by atoms with Crippen LogP contribution in [0.1, 0.15) is 84.0 Å². The first-order chi connectivity index (χ1) is 11.9. The average molecular weight is 371 g/mol. The topological polar surface area (TPSA) is 74.6 Å². The second-order valence-electron chi connectivity index (χ2n) is 6.87. The smallest absolute Gasteiger partial charge is 0.303 e. The highest BCUT2D eigenvalue weighted by Gasteiger charge is 2.40. The van der Waals surface area contributed by atoms with E-state index in [1.54, 1.807) is 6.08 Å². The lowest BCUT2D eigenvalue weighted by molar-refractivity contribution is -0.137. The third kappa shape index (κ3) is 7.74. The number of unbranched alkanes of at least 4 members (excludes halogenated alkanes) is 8. The largest absolute Gasteiger partial charge is 0.481 e. The van der Waals surface area contributed by atoms with Gasteiger partial charge in [0.25, 0.3) is 0 Å². The van der Waals surface area contributed by atoms with E-state index in [2.05, 4.69) is 6.92 Å². The number of ketones is 1. The minimum absolute atomic E-state index is 0.102. The van der Waals surface area contributed by atoms with Gasteiger partial charge in [0.1, 0.15) is 5.60 Å². The van der Waals surface area contributed by atoms with Crippen LogP contribution in [0.2, 0.25) is 0 Å². The molecule has 0 aromatic heterocycles. The minimum Gasteiger partial charge on any atom is -0.481 e. The Kier molecular flexibility index (Phi) is 10.1. The van der Waals surface area contributed by atoms with Gasteiger partial charge in [0.2, 0.25) is 5.78 Å². The summed E-state index contributed by atoms with van der Waals surface area (Å²) in [6.07, 6.45) is 13.6. The molecule has 1 aliphatic carbocycles. The predicted octanol–water partition coefficient (Wildman–Crippen LogP) is 5.14. The molecule has 0 fully saturated rings. The van der Waals surface area contributed by atoms with Crippen molar-refractivity contribution in [2.24, 2.45) is 0 Å². The van der Waals surface area contributed by atoms with Crippen LogP contribution in [-0.4, -0.2) is 27.6 Å². The molecule has 1 atom stereocenters. The van der Waals surface area contributed by atoms with Gasteiger partial charge in [0.15, 0.2) is 0 Å². The Bertz CT molecular complexity index is 510. The summed E-state index contributed by atoms with van der Waals surface area (Å²) in [6, 6.07) is 0. The lowest BCUT2D eigenvalue weighted by Gasteiger charge is -2.22. The first-order valence-corrected chi connectivity index (χ1v) is 9.86. The van der Waals surface area contributed by atoms with E-state index in [9.17, 15) is 14.7 Å². The van der Waals surface area contributed by atoms with Gasteiger partial charge < -0.3 is 10.2 Å². The van der Waals surface area contributed by atoms with Crippen LogP contribution in [0.25, 0.3) is 0 Å². The normalized spacial score (nSPS) is 21.8. The molecule has 1 aliphatic rings. The Labute approximate surface area is 156 Å². The molecule has 0 amide bonds. The van der Waals surface area contributed by atoms with E-state index in [0.29, 0.717) is 24.8 Å². The van der Waals surface area contributed by atoms with Crippen LogP contribution in [0.5, 0.6) is 0 Å². The highest BCUT2D eigenvalue weighted by Crippen LogP contribution is 2.37. The average Bonchev–Trinajstić information content (AvgIpc) is 2.76. The number of aliphatic hydroxyl groups is 1. The SMILES string of the molecule is CCCCCCCCC1(O)C=C(Cl)C(=O)/C1=C\CCCCCC(=O)O. The van der Waals surface area contributed by atoms with Crippen LogP contribution < -0.4 is 0 Å². The molecule has 0 spiro atoms. The van der Waals surface area contributed by atoms with Crippen LogP contribution in [0.15, 0.2) is 22.8 Å². The van der Waals surface area contributed by atoms with E-state index in [1.165, 1.54) is 25.3 Å². The minimum atomic E-state index is -1.24. The molecule has 0 saturated carbocycles. The summed E-state index contributed by atoms with van der Waals surface area (Å²) >= 11 is 5.97. The van der Waals surface area contributed by atoms with E-state index in [-0.39, 0.29) is 17.2 Å². The van der Waals surface area contributed by atoms with Crippen molar-refractivity contribution < 1.29 is 19.8 Å². The van der Waals surface area contributed by atoms with Crippen LogP contribution >= 0.6 is 11.6 Å². The van der Waals surface area contributed by atoms with Crippen LogP contribution in [-0.2, 0) is 9.59 Å². The number of carbonyl (C=O) groups is 2. The van der Waals surface area contributed by atoms with Gasteiger partial charge in [-0.25, -0.2) is 0 Å². The quantitative estimate of drug-likeness (QED) is 0.348. The van der Waals surface area contributed by atoms with Gasteiger partial charge in [0.05, 0.1) is 5.03 Å². The third-order valence-corrected chi connectivity index (χ3v) is 4.93. The molecule has 0 aromatic carbocycles. The number of carboxylic acids is 1. The third-order valence-electron chi connectivity index (χ3n) is 4.65. The number of carboxylic acid groups (broad SMARTS) is 1. The maximum absolute atomic E-state index is 12.2. The van der Waals surface area contributed by atoms with E-state index >= 15 is 0 Å². The fraction of sp³-hybridized carbons (Fsp3) is 0.700. The summed E-state index contributed by atoms with van der Waals surface area (Å²) in [5.74, 6) is -1.06. The maximum Gasteiger partial charge on any atom is 0.303 e. The Morgan fingerprint density at radius 2 is 1.76 bits per heavy atom. The molecule has 0 heterocycles. The van der Waals surface area contributed by atoms with Crippen molar-refractivity contribution in [1.29, 1.82) is 0 Å². The van der Waals surface area contributed by atoms with Crippen LogP contribution in [0.3, 0.4) is 0 Å².